The van der Waals surface area contributed by atoms with Crippen molar-refractivity contribution in [2.75, 3.05) is 6.54 Å². The molecule has 3 aromatic rings. The van der Waals surface area contributed by atoms with Gasteiger partial charge in [0.2, 0.25) is 0 Å². The Morgan fingerprint density at radius 2 is 1.88 bits per heavy atom. The van der Waals surface area contributed by atoms with Crippen molar-refractivity contribution >= 4 is 5.91 Å². The maximum absolute atomic E-state index is 12.5. The second-order valence-electron chi connectivity index (χ2n) is 5.70. The van der Waals surface area contributed by atoms with E-state index in [4.69, 9.17) is 0 Å². The normalized spacial score (nSPS) is 11.8. The van der Waals surface area contributed by atoms with Crippen LogP contribution in [-0.4, -0.2) is 27.5 Å². The van der Waals surface area contributed by atoms with Crippen LogP contribution in [0.25, 0.3) is 11.3 Å². The van der Waals surface area contributed by atoms with Crippen LogP contribution in [0.15, 0.2) is 67.1 Å². The van der Waals surface area contributed by atoms with Gasteiger partial charge in [-0.25, -0.2) is 0 Å². The molecule has 0 aliphatic carbocycles. The number of carbonyl (C=O) groups is 1. The molecule has 2 heterocycles. The number of nitrogens with zero attached hydrogens (tertiary/aromatic N) is 2. The minimum atomic E-state index is -0.772. The molecule has 2 aromatic heterocycles. The molecule has 1 amide bonds. The van der Waals surface area contributed by atoms with Gasteiger partial charge in [-0.2, -0.15) is 0 Å². The molecule has 1 aromatic carbocycles. The van der Waals surface area contributed by atoms with E-state index in [-0.39, 0.29) is 12.5 Å². The highest BCUT2D eigenvalue weighted by Gasteiger charge is 2.15. The molecule has 5 nitrogen and oxygen atoms in total. The van der Waals surface area contributed by atoms with Crippen molar-refractivity contribution < 1.29 is 9.90 Å². The summed E-state index contributed by atoms with van der Waals surface area (Å²) in [6, 6.07) is 14.7. The first kappa shape index (κ1) is 16.8. The number of aliphatic hydroxyl groups excluding tert-OH is 1. The van der Waals surface area contributed by atoms with E-state index < -0.39 is 6.10 Å². The van der Waals surface area contributed by atoms with Gasteiger partial charge >= 0.3 is 0 Å². The summed E-state index contributed by atoms with van der Waals surface area (Å²) in [5.74, 6) is -0.219. The van der Waals surface area contributed by atoms with Crippen LogP contribution >= 0.6 is 0 Å². The molecular weight excluding hydrogens is 314 g/mol. The van der Waals surface area contributed by atoms with E-state index in [0.29, 0.717) is 11.1 Å². The number of hydrogen-bond donors (Lipinski definition) is 2. The van der Waals surface area contributed by atoms with Crippen molar-refractivity contribution in [3.63, 3.8) is 0 Å². The van der Waals surface area contributed by atoms with Gasteiger partial charge in [0.05, 0.1) is 11.8 Å². The molecule has 25 heavy (non-hydrogen) atoms. The predicted octanol–water partition coefficient (Wildman–Crippen LogP) is 2.92. The molecule has 2 N–H and O–H groups in total. The van der Waals surface area contributed by atoms with Gasteiger partial charge in [0.15, 0.2) is 0 Å². The van der Waals surface area contributed by atoms with E-state index in [0.717, 1.165) is 16.8 Å². The lowest BCUT2D eigenvalue weighted by atomic mass is 9.99. The van der Waals surface area contributed by atoms with Crippen LogP contribution in [0, 0.1) is 6.92 Å². The molecule has 0 saturated heterocycles. The van der Waals surface area contributed by atoms with Crippen molar-refractivity contribution in [2.24, 2.45) is 0 Å². The summed E-state index contributed by atoms with van der Waals surface area (Å²) >= 11 is 0. The standard InChI is InChI=1S/C20H19N3O2/c1-14-16(18-7-2-3-10-22-18)5-4-6-17(14)20(25)23-13-19(24)15-8-11-21-12-9-15/h2-12,19,24H,13H2,1H3,(H,23,25). The molecule has 0 aliphatic rings. The van der Waals surface area contributed by atoms with Crippen LogP contribution in [0.5, 0.6) is 0 Å². The quantitative estimate of drug-likeness (QED) is 0.753. The first-order valence-electron chi connectivity index (χ1n) is 8.04. The molecule has 1 atom stereocenters. The third-order valence-corrected chi connectivity index (χ3v) is 4.07. The van der Waals surface area contributed by atoms with Crippen LogP contribution in [-0.2, 0) is 0 Å². The first-order chi connectivity index (χ1) is 12.2. The molecule has 0 aliphatic heterocycles. The largest absolute Gasteiger partial charge is 0.387 e. The first-order valence-corrected chi connectivity index (χ1v) is 8.04. The van der Waals surface area contributed by atoms with Gasteiger partial charge < -0.3 is 10.4 Å². The lowest BCUT2D eigenvalue weighted by Gasteiger charge is -2.14. The molecule has 0 saturated carbocycles. The summed E-state index contributed by atoms with van der Waals surface area (Å²) in [6.07, 6.45) is 4.18. The number of benzene rings is 1. The highest BCUT2D eigenvalue weighted by atomic mass is 16.3. The maximum atomic E-state index is 12.5. The predicted molar refractivity (Wildman–Crippen MR) is 95.9 cm³/mol. The minimum absolute atomic E-state index is 0.135. The van der Waals surface area contributed by atoms with Gasteiger partial charge in [-0.3, -0.25) is 14.8 Å². The van der Waals surface area contributed by atoms with Crippen molar-refractivity contribution in [1.29, 1.82) is 0 Å². The van der Waals surface area contributed by atoms with Gasteiger partial charge in [0, 0.05) is 36.3 Å². The zero-order chi connectivity index (χ0) is 17.6. The second-order valence-corrected chi connectivity index (χ2v) is 5.70. The molecule has 0 fully saturated rings. The Morgan fingerprint density at radius 1 is 1.08 bits per heavy atom. The second kappa shape index (κ2) is 7.68. The third kappa shape index (κ3) is 3.89. The number of carbonyl (C=O) groups excluding carboxylic acids is 1. The molecule has 0 bridgehead atoms. The zero-order valence-corrected chi connectivity index (χ0v) is 13.9. The monoisotopic (exact) mass is 333 g/mol. The lowest BCUT2D eigenvalue weighted by molar-refractivity contribution is 0.0915. The molecule has 0 radical (unpaired) electrons. The Labute approximate surface area is 146 Å². The van der Waals surface area contributed by atoms with Gasteiger partial charge in [0.25, 0.3) is 5.91 Å². The Kier molecular flexibility index (Phi) is 5.16. The third-order valence-electron chi connectivity index (χ3n) is 4.07. The SMILES string of the molecule is Cc1c(C(=O)NCC(O)c2ccncc2)cccc1-c1ccccn1. The molecule has 126 valence electrons. The fourth-order valence-corrected chi connectivity index (χ4v) is 2.67. The van der Waals surface area contributed by atoms with Gasteiger partial charge in [0.1, 0.15) is 0 Å². The van der Waals surface area contributed by atoms with Gasteiger partial charge in [-0.1, -0.05) is 18.2 Å². The van der Waals surface area contributed by atoms with Crippen molar-refractivity contribution in [2.45, 2.75) is 13.0 Å². The topological polar surface area (TPSA) is 75.1 Å². The summed E-state index contributed by atoms with van der Waals surface area (Å²) in [5.41, 5.74) is 3.89. The molecular formula is C20H19N3O2. The molecule has 1 unspecified atom stereocenters. The summed E-state index contributed by atoms with van der Waals surface area (Å²) in [4.78, 5) is 20.8. The van der Waals surface area contributed by atoms with E-state index in [1.807, 2.05) is 37.3 Å². The smallest absolute Gasteiger partial charge is 0.251 e. The number of aliphatic hydroxyl groups is 1. The minimum Gasteiger partial charge on any atom is -0.387 e. The number of rotatable bonds is 5. The number of nitrogens with one attached hydrogen (secondary N) is 1. The molecule has 0 spiro atoms. The maximum Gasteiger partial charge on any atom is 0.251 e. The summed E-state index contributed by atoms with van der Waals surface area (Å²) < 4.78 is 0. The highest BCUT2D eigenvalue weighted by Crippen LogP contribution is 2.24. The van der Waals surface area contributed by atoms with Crippen LogP contribution < -0.4 is 5.32 Å². The highest BCUT2D eigenvalue weighted by molar-refractivity contribution is 5.97. The van der Waals surface area contributed by atoms with Crippen molar-refractivity contribution in [1.82, 2.24) is 15.3 Å². The van der Waals surface area contributed by atoms with Crippen LogP contribution in [0.3, 0.4) is 0 Å². The van der Waals surface area contributed by atoms with Crippen molar-refractivity contribution in [3.05, 3.63) is 83.8 Å². The van der Waals surface area contributed by atoms with Crippen LogP contribution in [0.4, 0.5) is 0 Å². The Bertz CT molecular complexity index is 851. The van der Waals surface area contributed by atoms with Crippen molar-refractivity contribution in [3.8, 4) is 11.3 Å². The molecule has 3 rings (SSSR count). The Balaban J connectivity index is 1.75. The summed E-state index contributed by atoms with van der Waals surface area (Å²) in [7, 11) is 0. The van der Waals surface area contributed by atoms with Crippen LogP contribution in [0.2, 0.25) is 0 Å². The Hall–Kier alpha value is -3.05. The van der Waals surface area contributed by atoms with E-state index in [1.54, 1.807) is 36.8 Å². The average molecular weight is 333 g/mol. The van der Waals surface area contributed by atoms with Gasteiger partial charge in [-0.05, 0) is 48.4 Å². The average Bonchev–Trinajstić information content (AvgIpc) is 2.67. The Morgan fingerprint density at radius 3 is 2.60 bits per heavy atom. The number of pyridine rings is 2. The molecule has 5 heteroatoms. The van der Waals surface area contributed by atoms with E-state index in [1.165, 1.54) is 0 Å². The summed E-state index contributed by atoms with van der Waals surface area (Å²) in [5, 5.41) is 13.0. The van der Waals surface area contributed by atoms with E-state index >= 15 is 0 Å². The fourth-order valence-electron chi connectivity index (χ4n) is 2.67. The van der Waals surface area contributed by atoms with Gasteiger partial charge in [-0.15, -0.1) is 0 Å². The number of hydrogen-bond acceptors (Lipinski definition) is 4. The fraction of sp³-hybridized carbons (Fsp3) is 0.150. The van der Waals surface area contributed by atoms with E-state index in [9.17, 15) is 9.90 Å². The van der Waals surface area contributed by atoms with Crippen LogP contribution in [0.1, 0.15) is 27.6 Å². The lowest BCUT2D eigenvalue weighted by Crippen LogP contribution is -2.29. The number of aromatic nitrogens is 2. The zero-order valence-electron chi connectivity index (χ0n) is 13.9. The summed E-state index contributed by atoms with van der Waals surface area (Å²) in [6.45, 7) is 2.04. The van der Waals surface area contributed by atoms with E-state index in [2.05, 4.69) is 15.3 Å². The number of amides is 1.